The van der Waals surface area contributed by atoms with Crippen molar-refractivity contribution in [3.8, 4) is 0 Å². The quantitative estimate of drug-likeness (QED) is 0.568. The number of nitrogens with two attached hydrogens (primary N) is 1. The van der Waals surface area contributed by atoms with Crippen LogP contribution in [0.1, 0.15) is 19.3 Å². The topological polar surface area (TPSA) is 26.0 Å². The zero-order valence-corrected chi connectivity index (χ0v) is 5.91. The second-order valence-corrected chi connectivity index (χ2v) is 2.17. The highest BCUT2D eigenvalue weighted by molar-refractivity contribution is 4.75. The van der Waals surface area contributed by atoms with Crippen molar-refractivity contribution in [2.24, 2.45) is 11.7 Å². The van der Waals surface area contributed by atoms with E-state index >= 15 is 0 Å². The lowest BCUT2D eigenvalue weighted by molar-refractivity contribution is -0.193. The van der Waals surface area contributed by atoms with Gasteiger partial charge in [-0.25, -0.2) is 0 Å². The van der Waals surface area contributed by atoms with E-state index < -0.39 is 12.1 Å². The molecule has 0 saturated heterocycles. The number of halogens is 3. The third kappa shape index (κ3) is 2.56. The van der Waals surface area contributed by atoms with Gasteiger partial charge >= 0.3 is 6.18 Å². The highest BCUT2D eigenvalue weighted by Gasteiger charge is 2.42. The Balaban J connectivity index is 0.000000371. The molecule has 0 heterocycles. The summed E-state index contributed by atoms with van der Waals surface area (Å²) in [5, 5.41) is 0. The minimum absolute atomic E-state index is 0.351. The van der Waals surface area contributed by atoms with Crippen LogP contribution in [0, 0.1) is 5.92 Å². The van der Waals surface area contributed by atoms with E-state index in [9.17, 15) is 13.2 Å². The molecule has 0 aliphatic heterocycles. The number of rotatable bonds is 0. The van der Waals surface area contributed by atoms with E-state index in [1.54, 1.807) is 0 Å². The molecule has 4 heteroatoms. The molecule has 0 unspecified atom stereocenters. The number of alkyl halides is 3. The largest absolute Gasteiger partial charge is 0.391 e. The molecule has 1 aliphatic rings. The molecule has 1 aliphatic carbocycles. The van der Waals surface area contributed by atoms with Crippen LogP contribution >= 0.6 is 0 Å². The highest BCUT2D eigenvalue weighted by Crippen LogP contribution is 2.40. The Morgan fingerprint density at radius 1 is 1.20 bits per heavy atom. The van der Waals surface area contributed by atoms with E-state index in [4.69, 9.17) is 0 Å². The van der Waals surface area contributed by atoms with Gasteiger partial charge in [0, 0.05) is 0 Å². The van der Waals surface area contributed by atoms with Gasteiger partial charge in [-0.2, -0.15) is 13.2 Å². The van der Waals surface area contributed by atoms with E-state index in [-0.39, 0.29) is 0 Å². The maximum Gasteiger partial charge on any atom is 0.391 e. The second kappa shape index (κ2) is 3.81. The Morgan fingerprint density at radius 3 is 1.60 bits per heavy atom. The Bertz CT molecular complexity index is 85.5. The molecule has 0 spiro atoms. The van der Waals surface area contributed by atoms with Crippen LogP contribution in [0.15, 0.2) is 0 Å². The maximum atomic E-state index is 11.5. The van der Waals surface area contributed by atoms with Crippen molar-refractivity contribution in [1.29, 1.82) is 0 Å². The van der Waals surface area contributed by atoms with Crippen molar-refractivity contribution >= 4 is 0 Å². The van der Waals surface area contributed by atoms with Crippen molar-refractivity contribution in [1.82, 2.24) is 0 Å². The van der Waals surface area contributed by atoms with Gasteiger partial charge in [-0.3, -0.25) is 0 Å². The summed E-state index contributed by atoms with van der Waals surface area (Å²) in [6.07, 6.45) is -2.45. The Hall–Kier alpha value is -0.250. The van der Waals surface area contributed by atoms with E-state index in [2.05, 4.69) is 5.73 Å². The van der Waals surface area contributed by atoms with Crippen LogP contribution in [0.3, 0.4) is 0 Å². The zero-order valence-electron chi connectivity index (χ0n) is 5.91. The van der Waals surface area contributed by atoms with Gasteiger partial charge in [0.25, 0.3) is 0 Å². The van der Waals surface area contributed by atoms with Crippen molar-refractivity contribution in [2.75, 3.05) is 7.05 Å². The van der Waals surface area contributed by atoms with Gasteiger partial charge < -0.3 is 5.73 Å². The lowest BCUT2D eigenvalue weighted by atomic mass is 9.85. The Labute approximate surface area is 58.4 Å². The summed E-state index contributed by atoms with van der Waals surface area (Å²) in [6.45, 7) is 0. The first-order chi connectivity index (χ1) is 4.61. The lowest BCUT2D eigenvalue weighted by Gasteiger charge is -2.27. The van der Waals surface area contributed by atoms with Crippen molar-refractivity contribution in [3.05, 3.63) is 0 Å². The van der Waals surface area contributed by atoms with Crippen LogP contribution in [0.25, 0.3) is 0 Å². The van der Waals surface area contributed by atoms with Crippen LogP contribution in [0.4, 0.5) is 13.2 Å². The van der Waals surface area contributed by atoms with Crippen molar-refractivity contribution in [2.45, 2.75) is 25.4 Å². The van der Waals surface area contributed by atoms with Gasteiger partial charge in [-0.1, -0.05) is 6.42 Å². The lowest BCUT2D eigenvalue weighted by Crippen LogP contribution is -2.28. The molecule has 0 bridgehead atoms. The van der Waals surface area contributed by atoms with Crippen molar-refractivity contribution in [3.63, 3.8) is 0 Å². The van der Waals surface area contributed by atoms with Crippen LogP contribution < -0.4 is 5.73 Å². The minimum atomic E-state index is -3.90. The van der Waals surface area contributed by atoms with E-state index in [0.29, 0.717) is 12.8 Å². The first-order valence-corrected chi connectivity index (χ1v) is 3.25. The molecule has 1 fully saturated rings. The number of hydrogen-bond donors (Lipinski definition) is 1. The van der Waals surface area contributed by atoms with Gasteiger partial charge in [0.2, 0.25) is 0 Å². The molecule has 0 amide bonds. The SMILES string of the molecule is CN.FC(F)(F)C1CCC1. The van der Waals surface area contributed by atoms with Gasteiger partial charge in [0.05, 0.1) is 5.92 Å². The Morgan fingerprint density at radius 2 is 1.60 bits per heavy atom. The molecule has 10 heavy (non-hydrogen) atoms. The molecule has 0 atom stereocenters. The fraction of sp³-hybridized carbons (Fsp3) is 1.00. The number of hydrogen-bond acceptors (Lipinski definition) is 1. The van der Waals surface area contributed by atoms with E-state index in [1.807, 2.05) is 0 Å². The molecule has 0 aromatic rings. The third-order valence-electron chi connectivity index (χ3n) is 1.57. The summed E-state index contributed by atoms with van der Waals surface area (Å²) < 4.78 is 34.5. The average Bonchev–Trinajstić information content (AvgIpc) is 1.61. The Kier molecular flexibility index (Phi) is 3.71. The predicted molar refractivity (Wildman–Crippen MR) is 33.5 cm³/mol. The van der Waals surface area contributed by atoms with Crippen LogP contribution in [-0.2, 0) is 0 Å². The van der Waals surface area contributed by atoms with E-state index in [1.165, 1.54) is 7.05 Å². The summed E-state index contributed by atoms with van der Waals surface area (Å²) in [4.78, 5) is 0. The molecule has 1 rings (SSSR count). The first kappa shape index (κ1) is 9.75. The monoisotopic (exact) mass is 155 g/mol. The zero-order chi connectivity index (χ0) is 8.20. The average molecular weight is 155 g/mol. The van der Waals surface area contributed by atoms with Gasteiger partial charge in [0.1, 0.15) is 0 Å². The smallest absolute Gasteiger partial charge is 0.333 e. The van der Waals surface area contributed by atoms with E-state index in [0.717, 1.165) is 6.42 Å². The van der Waals surface area contributed by atoms with Crippen LogP contribution in [0.2, 0.25) is 0 Å². The standard InChI is InChI=1S/C5H7F3.CH5N/c6-5(7,8)4-2-1-3-4;1-2/h4H,1-3H2;2H2,1H3. The van der Waals surface area contributed by atoms with Gasteiger partial charge in [-0.15, -0.1) is 0 Å². The minimum Gasteiger partial charge on any atom is -0.333 e. The third-order valence-corrected chi connectivity index (χ3v) is 1.57. The molecule has 1 nitrogen and oxygen atoms in total. The maximum absolute atomic E-state index is 11.5. The summed E-state index contributed by atoms with van der Waals surface area (Å²) in [5.74, 6) is -0.970. The summed E-state index contributed by atoms with van der Waals surface area (Å²) in [6, 6.07) is 0. The van der Waals surface area contributed by atoms with Crippen LogP contribution in [-0.4, -0.2) is 13.2 Å². The van der Waals surface area contributed by atoms with Crippen LogP contribution in [0.5, 0.6) is 0 Å². The second-order valence-electron chi connectivity index (χ2n) is 2.17. The summed E-state index contributed by atoms with van der Waals surface area (Å²) in [5.41, 5.74) is 4.50. The normalized spacial score (nSPS) is 18.9. The predicted octanol–water partition coefficient (Wildman–Crippen LogP) is 1.92. The molecule has 1 saturated carbocycles. The highest BCUT2D eigenvalue weighted by atomic mass is 19.4. The molecule has 0 radical (unpaired) electrons. The summed E-state index contributed by atoms with van der Waals surface area (Å²) in [7, 11) is 1.50. The summed E-state index contributed by atoms with van der Waals surface area (Å²) >= 11 is 0. The fourth-order valence-corrected chi connectivity index (χ4v) is 0.736. The molecule has 2 N–H and O–H groups in total. The molecule has 0 aromatic carbocycles. The molecular weight excluding hydrogens is 143 g/mol. The van der Waals surface area contributed by atoms with Gasteiger partial charge in [0.15, 0.2) is 0 Å². The van der Waals surface area contributed by atoms with Crippen molar-refractivity contribution < 1.29 is 13.2 Å². The van der Waals surface area contributed by atoms with Gasteiger partial charge in [-0.05, 0) is 19.9 Å². The first-order valence-electron chi connectivity index (χ1n) is 3.25. The fourth-order valence-electron chi connectivity index (χ4n) is 0.736. The molecule has 62 valence electrons. The molecular formula is C6H12F3N. The molecule has 0 aromatic heterocycles.